The highest BCUT2D eigenvalue weighted by molar-refractivity contribution is 6.17. The molecule has 0 spiro atoms. The van der Waals surface area contributed by atoms with Crippen LogP contribution in [-0.4, -0.2) is 79.4 Å². The van der Waals surface area contributed by atoms with E-state index in [1.165, 1.54) is 42.7 Å². The zero-order valence-corrected chi connectivity index (χ0v) is 25.9. The van der Waals surface area contributed by atoms with Gasteiger partial charge in [-0.3, -0.25) is 14.5 Å². The molecule has 48 heavy (non-hydrogen) atoms. The summed E-state index contributed by atoms with van der Waals surface area (Å²) in [4.78, 5) is 37.0. The van der Waals surface area contributed by atoms with Gasteiger partial charge in [0.05, 0.1) is 31.0 Å². The number of anilines is 2. The summed E-state index contributed by atoms with van der Waals surface area (Å²) in [7, 11) is 0. The SMILES string of the molecule is O=C(Nc1ccc(F)cc1)C1(C(=O)Nc2ccc(Oc3ncnc4cc(OCCCN5CCOCC5)c5c(c34)OCCO5)cc2F)CC1. The summed E-state index contributed by atoms with van der Waals surface area (Å²) in [6.45, 7) is 5.28. The van der Waals surface area contributed by atoms with Gasteiger partial charge in [0.2, 0.25) is 23.4 Å². The summed E-state index contributed by atoms with van der Waals surface area (Å²) in [5.41, 5.74) is -0.620. The van der Waals surface area contributed by atoms with Crippen molar-refractivity contribution in [2.75, 3.05) is 63.3 Å². The molecule has 3 heterocycles. The number of fused-ring (bicyclic) bond motifs is 3. The summed E-state index contributed by atoms with van der Waals surface area (Å²) in [6.07, 6.45) is 2.74. The molecule has 0 bridgehead atoms. The van der Waals surface area contributed by atoms with Crippen LogP contribution in [0.25, 0.3) is 10.9 Å². The number of ether oxygens (including phenoxy) is 5. The first kappa shape index (κ1) is 31.5. The molecular formula is C34H33F2N5O7. The van der Waals surface area contributed by atoms with Crippen LogP contribution < -0.4 is 29.6 Å². The lowest BCUT2D eigenvalue weighted by Gasteiger charge is -2.26. The molecule has 2 aliphatic heterocycles. The maximum absolute atomic E-state index is 15.3. The van der Waals surface area contributed by atoms with Crippen LogP contribution in [0.1, 0.15) is 19.3 Å². The normalized spacial score (nSPS) is 16.6. The van der Waals surface area contributed by atoms with Gasteiger partial charge in [-0.25, -0.2) is 18.7 Å². The number of carbonyl (C=O) groups is 2. The Morgan fingerprint density at radius 2 is 1.65 bits per heavy atom. The van der Waals surface area contributed by atoms with Crippen molar-refractivity contribution in [3.8, 4) is 28.9 Å². The van der Waals surface area contributed by atoms with E-state index in [-0.39, 0.29) is 17.3 Å². The van der Waals surface area contributed by atoms with Gasteiger partial charge >= 0.3 is 0 Å². The van der Waals surface area contributed by atoms with Gasteiger partial charge in [-0.05, 0) is 55.7 Å². The van der Waals surface area contributed by atoms with Crippen LogP contribution >= 0.6 is 0 Å². The van der Waals surface area contributed by atoms with Gasteiger partial charge in [0.1, 0.15) is 47.7 Å². The molecule has 2 N–H and O–H groups in total. The Morgan fingerprint density at radius 3 is 2.40 bits per heavy atom. The second kappa shape index (κ2) is 13.6. The molecule has 14 heteroatoms. The molecule has 2 amide bonds. The monoisotopic (exact) mass is 661 g/mol. The largest absolute Gasteiger partial charge is 0.489 e. The Labute approximate surface area is 274 Å². The molecule has 3 aliphatic rings. The number of benzene rings is 3. The molecule has 1 aliphatic carbocycles. The van der Waals surface area contributed by atoms with E-state index < -0.39 is 28.9 Å². The van der Waals surface area contributed by atoms with Crippen molar-refractivity contribution in [2.24, 2.45) is 5.41 Å². The van der Waals surface area contributed by atoms with Crippen LogP contribution in [0.15, 0.2) is 54.9 Å². The summed E-state index contributed by atoms with van der Waals surface area (Å²) in [5.74, 6) is -0.900. The van der Waals surface area contributed by atoms with Gasteiger partial charge in [0, 0.05) is 37.5 Å². The van der Waals surface area contributed by atoms with Crippen LogP contribution in [0.5, 0.6) is 28.9 Å². The van der Waals surface area contributed by atoms with Gasteiger partial charge in [-0.2, -0.15) is 0 Å². The number of nitrogens with zero attached hydrogens (tertiary/aromatic N) is 3. The molecule has 0 radical (unpaired) electrons. The summed E-state index contributed by atoms with van der Waals surface area (Å²) in [5, 5.41) is 5.59. The van der Waals surface area contributed by atoms with Crippen molar-refractivity contribution in [3.05, 3.63) is 66.5 Å². The van der Waals surface area contributed by atoms with Crippen molar-refractivity contribution in [1.82, 2.24) is 14.9 Å². The average Bonchev–Trinajstić information content (AvgIpc) is 3.92. The number of halogens is 2. The highest BCUT2D eigenvalue weighted by Gasteiger charge is 2.56. The highest BCUT2D eigenvalue weighted by atomic mass is 19.1. The Bertz CT molecular complexity index is 1830. The summed E-state index contributed by atoms with van der Waals surface area (Å²) in [6, 6.07) is 10.9. The molecule has 12 nitrogen and oxygen atoms in total. The van der Waals surface area contributed by atoms with Crippen molar-refractivity contribution in [1.29, 1.82) is 0 Å². The lowest BCUT2D eigenvalue weighted by molar-refractivity contribution is -0.131. The third-order valence-corrected chi connectivity index (χ3v) is 8.45. The minimum absolute atomic E-state index is 0.106. The molecule has 4 aromatic rings. The first-order valence-corrected chi connectivity index (χ1v) is 15.8. The third kappa shape index (κ3) is 6.66. The van der Waals surface area contributed by atoms with E-state index >= 15 is 4.39 Å². The first-order chi connectivity index (χ1) is 23.4. The van der Waals surface area contributed by atoms with Crippen molar-refractivity contribution in [3.63, 3.8) is 0 Å². The Kier molecular flexibility index (Phi) is 8.91. The molecule has 0 unspecified atom stereocenters. The summed E-state index contributed by atoms with van der Waals surface area (Å²) >= 11 is 0. The molecule has 1 saturated carbocycles. The minimum Gasteiger partial charge on any atom is -0.489 e. The minimum atomic E-state index is -1.34. The van der Waals surface area contributed by atoms with E-state index in [0.29, 0.717) is 66.5 Å². The maximum atomic E-state index is 15.3. The van der Waals surface area contributed by atoms with Gasteiger partial charge in [0.15, 0.2) is 11.5 Å². The number of carbonyl (C=O) groups excluding carboxylic acids is 2. The fourth-order valence-corrected chi connectivity index (χ4v) is 5.64. The van der Waals surface area contributed by atoms with Crippen LogP contribution in [0, 0.1) is 17.0 Å². The fourth-order valence-electron chi connectivity index (χ4n) is 5.64. The number of aromatic nitrogens is 2. The Morgan fingerprint density at radius 1 is 0.896 bits per heavy atom. The first-order valence-electron chi connectivity index (χ1n) is 15.8. The highest BCUT2D eigenvalue weighted by Crippen LogP contribution is 2.49. The third-order valence-electron chi connectivity index (χ3n) is 8.45. The summed E-state index contributed by atoms with van der Waals surface area (Å²) < 4.78 is 58.0. The van der Waals surface area contributed by atoms with E-state index in [9.17, 15) is 14.0 Å². The van der Waals surface area contributed by atoms with E-state index in [4.69, 9.17) is 23.7 Å². The molecule has 1 aromatic heterocycles. The van der Waals surface area contributed by atoms with E-state index in [0.717, 1.165) is 45.3 Å². The van der Waals surface area contributed by atoms with E-state index in [1.807, 2.05) is 0 Å². The second-order valence-electron chi connectivity index (χ2n) is 11.7. The van der Waals surface area contributed by atoms with E-state index in [2.05, 4.69) is 25.5 Å². The molecular weight excluding hydrogens is 628 g/mol. The predicted octanol–water partition coefficient (Wildman–Crippen LogP) is 4.93. The lowest BCUT2D eigenvalue weighted by Crippen LogP contribution is -2.37. The number of amides is 2. The standard InChI is InChI=1S/C34H33F2N5O7/c35-21-2-4-22(5-3-21)39-32(42)34(8-9-34)33(43)40-25-7-6-23(18-24(25)36)48-31-28-26(37-20-38-31)19-27(29-30(28)47-17-16-46-29)45-13-1-10-41-11-14-44-15-12-41/h2-7,18-20H,1,8-17H2,(H,39,42)(H,40,43). The van der Waals surface area contributed by atoms with Crippen LogP contribution in [0.4, 0.5) is 20.2 Å². The number of rotatable bonds is 11. The number of morpholine rings is 1. The Hall–Kier alpha value is -5.08. The quantitative estimate of drug-likeness (QED) is 0.168. The zero-order valence-electron chi connectivity index (χ0n) is 25.9. The maximum Gasteiger partial charge on any atom is 0.240 e. The molecule has 7 rings (SSSR count). The van der Waals surface area contributed by atoms with E-state index in [1.54, 1.807) is 6.07 Å². The van der Waals surface area contributed by atoms with Crippen LogP contribution in [0.2, 0.25) is 0 Å². The average molecular weight is 662 g/mol. The smallest absolute Gasteiger partial charge is 0.240 e. The molecule has 3 aromatic carbocycles. The molecule has 0 atom stereocenters. The second-order valence-corrected chi connectivity index (χ2v) is 11.7. The number of hydrogen-bond donors (Lipinski definition) is 2. The molecule has 1 saturated heterocycles. The van der Waals surface area contributed by atoms with Crippen molar-refractivity contribution in [2.45, 2.75) is 19.3 Å². The molecule has 250 valence electrons. The van der Waals surface area contributed by atoms with Crippen LogP contribution in [0.3, 0.4) is 0 Å². The predicted molar refractivity (Wildman–Crippen MR) is 170 cm³/mol. The Balaban J connectivity index is 1.04. The number of hydrogen-bond acceptors (Lipinski definition) is 10. The fraction of sp³-hybridized carbons (Fsp3) is 0.353. The van der Waals surface area contributed by atoms with Crippen LogP contribution in [-0.2, 0) is 14.3 Å². The molecule has 2 fully saturated rings. The van der Waals surface area contributed by atoms with Crippen molar-refractivity contribution >= 4 is 34.1 Å². The number of nitrogens with one attached hydrogen (secondary N) is 2. The zero-order chi connectivity index (χ0) is 33.1. The van der Waals surface area contributed by atoms with Crippen molar-refractivity contribution < 1.29 is 42.1 Å². The van der Waals surface area contributed by atoms with Gasteiger partial charge in [-0.1, -0.05) is 0 Å². The van der Waals surface area contributed by atoms with Gasteiger partial charge in [-0.15, -0.1) is 0 Å². The van der Waals surface area contributed by atoms with Gasteiger partial charge < -0.3 is 34.3 Å². The van der Waals surface area contributed by atoms with Gasteiger partial charge in [0.25, 0.3) is 0 Å². The lowest BCUT2D eigenvalue weighted by atomic mass is 10.0. The topological polar surface area (TPSA) is 133 Å².